The molecule has 2 amide bonds. The van der Waals surface area contributed by atoms with Crippen LogP contribution in [0.3, 0.4) is 0 Å². The van der Waals surface area contributed by atoms with Crippen LogP contribution in [-0.4, -0.2) is 20.7 Å². The summed E-state index contributed by atoms with van der Waals surface area (Å²) in [6.45, 7) is 1.86. The highest BCUT2D eigenvalue weighted by atomic mass is 32.2. The maximum absolute atomic E-state index is 12.5. The van der Waals surface area contributed by atoms with Crippen LogP contribution in [0.2, 0.25) is 0 Å². The van der Waals surface area contributed by atoms with Gasteiger partial charge in [-0.15, -0.1) is 0 Å². The third-order valence-corrected chi connectivity index (χ3v) is 6.41. The number of hydrogen-bond acceptors (Lipinski definition) is 3. The van der Waals surface area contributed by atoms with E-state index in [0.29, 0.717) is 0 Å². The Labute approximate surface area is 164 Å². The molecule has 0 aromatic heterocycles. The zero-order valence-corrected chi connectivity index (χ0v) is 16.6. The molecule has 0 saturated carbocycles. The Morgan fingerprint density at radius 1 is 0.964 bits per heavy atom. The first-order valence-corrected chi connectivity index (χ1v) is 11.1. The summed E-state index contributed by atoms with van der Waals surface area (Å²) in [7, 11) is -3.23. The average Bonchev–Trinajstić information content (AvgIpc) is 3.08. The van der Waals surface area contributed by atoms with Crippen LogP contribution in [-0.2, 0) is 22.7 Å². The van der Waals surface area contributed by atoms with E-state index in [4.69, 9.17) is 0 Å². The van der Waals surface area contributed by atoms with Gasteiger partial charge in [-0.1, -0.05) is 36.4 Å². The van der Waals surface area contributed by atoms with Crippen molar-refractivity contribution in [3.05, 3.63) is 71.3 Å². The Balaban J connectivity index is 1.50. The molecule has 4 rings (SSSR count). The zero-order chi connectivity index (χ0) is 19.9. The minimum absolute atomic E-state index is 0.259. The van der Waals surface area contributed by atoms with Crippen molar-refractivity contribution in [1.82, 2.24) is 5.32 Å². The van der Waals surface area contributed by atoms with Crippen molar-refractivity contribution in [2.75, 3.05) is 11.6 Å². The van der Waals surface area contributed by atoms with Gasteiger partial charge in [-0.2, -0.15) is 0 Å². The molecule has 0 aliphatic heterocycles. The molecule has 144 valence electrons. The Kier molecular flexibility index (Phi) is 4.59. The summed E-state index contributed by atoms with van der Waals surface area (Å²) in [4.78, 5) is 12.8. The summed E-state index contributed by atoms with van der Waals surface area (Å²) in [5.41, 5.74) is 4.29. The van der Waals surface area contributed by atoms with Crippen LogP contribution >= 0.6 is 0 Å². The third-order valence-electron chi connectivity index (χ3n) is 5.28. The SMILES string of the molecule is CC(NC(=O)Nc1ccc2c3c(cccc13)CC2)c1ccc(S(C)(=O)=O)cc1. The van der Waals surface area contributed by atoms with Crippen LogP contribution in [0, 0.1) is 0 Å². The molecule has 0 spiro atoms. The molecular formula is C22H22N2O3S. The number of carbonyl (C=O) groups excluding carboxylic acids is 1. The van der Waals surface area contributed by atoms with Gasteiger partial charge in [0.15, 0.2) is 9.84 Å². The van der Waals surface area contributed by atoms with E-state index < -0.39 is 9.84 Å². The lowest BCUT2D eigenvalue weighted by molar-refractivity contribution is 0.249. The molecule has 3 aromatic rings. The number of hydrogen-bond donors (Lipinski definition) is 2. The van der Waals surface area contributed by atoms with Gasteiger partial charge in [0.05, 0.1) is 16.6 Å². The Morgan fingerprint density at radius 2 is 1.64 bits per heavy atom. The van der Waals surface area contributed by atoms with Gasteiger partial charge in [0, 0.05) is 11.6 Å². The van der Waals surface area contributed by atoms with Crippen LogP contribution in [0.15, 0.2) is 59.5 Å². The number of carbonyl (C=O) groups is 1. The van der Waals surface area contributed by atoms with E-state index in [-0.39, 0.29) is 17.0 Å². The van der Waals surface area contributed by atoms with Crippen molar-refractivity contribution in [1.29, 1.82) is 0 Å². The monoisotopic (exact) mass is 394 g/mol. The van der Waals surface area contributed by atoms with Crippen LogP contribution in [0.1, 0.15) is 29.7 Å². The van der Waals surface area contributed by atoms with Crippen molar-refractivity contribution in [3.8, 4) is 0 Å². The summed E-state index contributed by atoms with van der Waals surface area (Å²) in [6, 6.07) is 16.3. The highest BCUT2D eigenvalue weighted by Crippen LogP contribution is 2.35. The summed E-state index contributed by atoms with van der Waals surface area (Å²) in [5.74, 6) is 0. The van der Waals surface area contributed by atoms with Crippen LogP contribution in [0.5, 0.6) is 0 Å². The first-order chi connectivity index (χ1) is 13.3. The van der Waals surface area contributed by atoms with Crippen molar-refractivity contribution in [2.24, 2.45) is 0 Å². The molecule has 1 aliphatic rings. The Hall–Kier alpha value is -2.86. The molecule has 0 fully saturated rings. The van der Waals surface area contributed by atoms with E-state index in [1.54, 1.807) is 24.3 Å². The normalized spacial score (nSPS) is 14.1. The number of anilines is 1. The fourth-order valence-electron chi connectivity index (χ4n) is 3.80. The minimum atomic E-state index is -3.23. The molecule has 3 aromatic carbocycles. The minimum Gasteiger partial charge on any atom is -0.331 e. The van der Waals surface area contributed by atoms with E-state index >= 15 is 0 Å². The zero-order valence-electron chi connectivity index (χ0n) is 15.8. The summed E-state index contributed by atoms with van der Waals surface area (Å²) < 4.78 is 23.1. The largest absolute Gasteiger partial charge is 0.331 e. The molecule has 0 radical (unpaired) electrons. The maximum Gasteiger partial charge on any atom is 0.319 e. The number of rotatable bonds is 4. The van der Waals surface area contributed by atoms with Gasteiger partial charge in [-0.25, -0.2) is 13.2 Å². The quantitative estimate of drug-likeness (QED) is 0.695. The molecule has 28 heavy (non-hydrogen) atoms. The number of benzene rings is 3. The lowest BCUT2D eigenvalue weighted by atomic mass is 10.0. The molecule has 0 saturated heterocycles. The van der Waals surface area contributed by atoms with Gasteiger partial charge in [0.25, 0.3) is 0 Å². The van der Waals surface area contributed by atoms with Crippen molar-refractivity contribution in [2.45, 2.75) is 30.7 Å². The van der Waals surface area contributed by atoms with Gasteiger partial charge in [0.2, 0.25) is 0 Å². The van der Waals surface area contributed by atoms with Crippen LogP contribution in [0.25, 0.3) is 10.8 Å². The smallest absolute Gasteiger partial charge is 0.319 e. The number of nitrogens with one attached hydrogen (secondary N) is 2. The van der Waals surface area contributed by atoms with Gasteiger partial charge < -0.3 is 10.6 Å². The molecule has 5 nitrogen and oxygen atoms in total. The number of sulfone groups is 1. The summed E-state index contributed by atoms with van der Waals surface area (Å²) in [5, 5.41) is 8.19. The summed E-state index contributed by atoms with van der Waals surface area (Å²) >= 11 is 0. The Bertz CT molecular complexity index is 1160. The van der Waals surface area contributed by atoms with Gasteiger partial charge in [0.1, 0.15) is 0 Å². The van der Waals surface area contributed by atoms with Crippen LogP contribution < -0.4 is 10.6 Å². The van der Waals surface area contributed by atoms with E-state index in [1.807, 2.05) is 25.1 Å². The average molecular weight is 394 g/mol. The second-order valence-corrected chi connectivity index (χ2v) is 9.29. The molecule has 6 heteroatoms. The predicted octanol–water partition coefficient (Wildman–Crippen LogP) is 4.22. The van der Waals surface area contributed by atoms with E-state index in [1.165, 1.54) is 22.8 Å². The highest BCUT2D eigenvalue weighted by Gasteiger charge is 2.17. The molecule has 1 unspecified atom stereocenters. The summed E-state index contributed by atoms with van der Waals surface area (Å²) in [6.07, 6.45) is 3.26. The third kappa shape index (κ3) is 3.47. The first kappa shape index (κ1) is 18.5. The van der Waals surface area contributed by atoms with Gasteiger partial charge in [-0.05, 0) is 60.0 Å². The van der Waals surface area contributed by atoms with Crippen molar-refractivity contribution in [3.63, 3.8) is 0 Å². The molecule has 0 bridgehead atoms. The highest BCUT2D eigenvalue weighted by molar-refractivity contribution is 7.90. The van der Waals surface area contributed by atoms with E-state index in [2.05, 4.69) is 22.8 Å². The fourth-order valence-corrected chi connectivity index (χ4v) is 4.43. The second-order valence-electron chi connectivity index (χ2n) is 7.27. The van der Waals surface area contributed by atoms with Crippen molar-refractivity contribution >= 4 is 32.3 Å². The number of aryl methyl sites for hydroxylation is 2. The van der Waals surface area contributed by atoms with E-state index in [0.717, 1.165) is 29.5 Å². The number of urea groups is 1. The van der Waals surface area contributed by atoms with Crippen LogP contribution in [0.4, 0.5) is 10.5 Å². The molecule has 1 aliphatic carbocycles. The molecular weight excluding hydrogens is 372 g/mol. The predicted molar refractivity (Wildman–Crippen MR) is 111 cm³/mol. The molecule has 0 heterocycles. The second kappa shape index (κ2) is 6.95. The van der Waals surface area contributed by atoms with Gasteiger partial charge in [-0.3, -0.25) is 0 Å². The Morgan fingerprint density at radius 3 is 2.32 bits per heavy atom. The van der Waals surface area contributed by atoms with Crippen molar-refractivity contribution < 1.29 is 13.2 Å². The number of amides is 2. The fraction of sp³-hybridized carbons (Fsp3) is 0.227. The molecule has 2 N–H and O–H groups in total. The standard InChI is InChI=1S/C22H22N2O3S/c1-14(15-8-11-18(12-9-15)28(2,26)27)23-22(25)24-20-13-10-17-7-6-16-4-3-5-19(20)21(16)17/h3-5,8-14H,6-7H2,1-2H3,(H2,23,24,25). The van der Waals surface area contributed by atoms with Gasteiger partial charge >= 0.3 is 6.03 Å². The lowest BCUT2D eigenvalue weighted by Gasteiger charge is -2.16. The molecule has 1 atom stereocenters. The lowest BCUT2D eigenvalue weighted by Crippen LogP contribution is -2.31. The first-order valence-electron chi connectivity index (χ1n) is 9.24. The maximum atomic E-state index is 12.5. The topological polar surface area (TPSA) is 75.3 Å². The van der Waals surface area contributed by atoms with E-state index in [9.17, 15) is 13.2 Å².